The van der Waals surface area contributed by atoms with Gasteiger partial charge in [-0.25, -0.2) is 9.59 Å². The number of alkyl carbamates (subject to hydrolysis) is 1. The number of aliphatic carboxylic acids is 1. The molecule has 34 heavy (non-hydrogen) atoms. The molecule has 5 atom stereocenters. The van der Waals surface area contributed by atoms with Gasteiger partial charge >= 0.3 is 12.1 Å². The van der Waals surface area contributed by atoms with Crippen molar-refractivity contribution in [2.75, 3.05) is 6.61 Å². The third kappa shape index (κ3) is 4.04. The summed E-state index contributed by atoms with van der Waals surface area (Å²) >= 11 is 0. The fraction of sp³-hybridized carbons (Fsp3) is 0.444. The molecule has 2 aromatic carbocycles. The second-order valence-electron chi connectivity index (χ2n) is 9.71. The Morgan fingerprint density at radius 3 is 2.26 bits per heavy atom. The second kappa shape index (κ2) is 9.12. The van der Waals surface area contributed by atoms with E-state index in [1.165, 1.54) is 22.3 Å². The van der Waals surface area contributed by atoms with Crippen molar-refractivity contribution in [3.8, 4) is 11.1 Å². The van der Waals surface area contributed by atoms with Crippen molar-refractivity contribution in [1.29, 1.82) is 0 Å². The number of benzene rings is 2. The summed E-state index contributed by atoms with van der Waals surface area (Å²) < 4.78 is 5.67. The lowest BCUT2D eigenvalue weighted by Gasteiger charge is -2.40. The summed E-state index contributed by atoms with van der Waals surface area (Å²) in [6.45, 7) is 2.02. The minimum atomic E-state index is -1.01. The third-order valence-corrected chi connectivity index (χ3v) is 7.86. The lowest BCUT2D eigenvalue weighted by atomic mass is 9.71. The average molecular weight is 463 g/mol. The van der Waals surface area contributed by atoms with E-state index in [9.17, 15) is 19.5 Å². The van der Waals surface area contributed by atoms with E-state index in [0.29, 0.717) is 18.8 Å². The quantitative estimate of drug-likeness (QED) is 0.579. The van der Waals surface area contributed by atoms with E-state index >= 15 is 0 Å². The summed E-state index contributed by atoms with van der Waals surface area (Å²) in [5.41, 5.74) is 4.74. The van der Waals surface area contributed by atoms with Gasteiger partial charge < -0.3 is 20.5 Å². The minimum absolute atomic E-state index is 0.0000959. The van der Waals surface area contributed by atoms with Crippen molar-refractivity contribution in [1.82, 2.24) is 10.6 Å². The van der Waals surface area contributed by atoms with Crippen LogP contribution in [0.1, 0.15) is 49.7 Å². The van der Waals surface area contributed by atoms with Crippen LogP contribution in [0.4, 0.5) is 4.79 Å². The lowest BCUT2D eigenvalue weighted by molar-refractivity contribution is -0.142. The summed E-state index contributed by atoms with van der Waals surface area (Å²) in [5.74, 6) is -0.749. The molecule has 7 heteroatoms. The number of carbonyl (C=O) groups is 3. The van der Waals surface area contributed by atoms with Gasteiger partial charge in [0.25, 0.3) is 0 Å². The van der Waals surface area contributed by atoms with Crippen molar-refractivity contribution in [2.45, 2.75) is 50.6 Å². The van der Waals surface area contributed by atoms with Crippen molar-refractivity contribution in [2.24, 2.45) is 17.8 Å². The maximum Gasteiger partial charge on any atom is 0.407 e. The van der Waals surface area contributed by atoms with Crippen LogP contribution in [0.3, 0.4) is 0 Å². The molecule has 3 N–H and O–H groups in total. The van der Waals surface area contributed by atoms with Gasteiger partial charge in [-0.15, -0.1) is 0 Å². The molecule has 0 spiro atoms. The van der Waals surface area contributed by atoms with Gasteiger partial charge in [0, 0.05) is 17.9 Å². The first kappa shape index (κ1) is 22.4. The number of carboxylic acid groups (broad SMARTS) is 1. The van der Waals surface area contributed by atoms with Crippen LogP contribution in [-0.2, 0) is 14.3 Å². The summed E-state index contributed by atoms with van der Waals surface area (Å²) in [6, 6.07) is 15.6. The predicted octanol–water partition coefficient (Wildman–Crippen LogP) is 3.92. The average Bonchev–Trinajstić information content (AvgIpc) is 3.34. The Kier molecular flexibility index (Phi) is 6.02. The van der Waals surface area contributed by atoms with Crippen molar-refractivity contribution < 1.29 is 24.2 Å². The van der Waals surface area contributed by atoms with Gasteiger partial charge in [0.15, 0.2) is 0 Å². The molecule has 0 bridgehead atoms. The van der Waals surface area contributed by atoms with Gasteiger partial charge in [-0.2, -0.15) is 0 Å². The lowest BCUT2D eigenvalue weighted by Crippen LogP contribution is -2.50. The molecule has 4 unspecified atom stereocenters. The van der Waals surface area contributed by atoms with Gasteiger partial charge in [-0.3, -0.25) is 4.79 Å². The number of fused-ring (bicyclic) bond motifs is 4. The van der Waals surface area contributed by atoms with Crippen LogP contribution in [0.15, 0.2) is 48.5 Å². The highest BCUT2D eigenvalue weighted by molar-refractivity contribution is 5.85. The highest BCUT2D eigenvalue weighted by Crippen LogP contribution is 2.50. The van der Waals surface area contributed by atoms with Crippen LogP contribution in [-0.4, -0.2) is 41.8 Å². The Morgan fingerprint density at radius 2 is 1.65 bits per heavy atom. The van der Waals surface area contributed by atoms with Crippen LogP contribution in [0, 0.1) is 17.8 Å². The van der Waals surface area contributed by atoms with Crippen LogP contribution in [0.2, 0.25) is 0 Å². The van der Waals surface area contributed by atoms with Crippen molar-refractivity contribution in [3.63, 3.8) is 0 Å². The zero-order valence-electron chi connectivity index (χ0n) is 19.2. The van der Waals surface area contributed by atoms with Crippen molar-refractivity contribution in [3.05, 3.63) is 59.7 Å². The molecule has 5 rings (SSSR count). The zero-order valence-corrected chi connectivity index (χ0v) is 19.2. The number of carbonyl (C=O) groups excluding carboxylic acids is 2. The summed E-state index contributed by atoms with van der Waals surface area (Å²) in [6.07, 6.45) is 2.17. The first-order valence-electron chi connectivity index (χ1n) is 12.1. The topological polar surface area (TPSA) is 105 Å². The Morgan fingerprint density at radius 1 is 1.00 bits per heavy atom. The molecule has 178 valence electrons. The molecular formula is C27H30N2O5. The Balaban J connectivity index is 1.14. The molecule has 7 nitrogen and oxygen atoms in total. The SMILES string of the molecule is CC[C@@H](NC(=O)C1CC2CC(NC(=O)OCC3c4ccccc4-c4ccccc43)C2C1)C(=O)O. The first-order chi connectivity index (χ1) is 16.5. The van der Waals surface area contributed by atoms with Gasteiger partial charge in [0.1, 0.15) is 12.6 Å². The van der Waals surface area contributed by atoms with E-state index < -0.39 is 18.1 Å². The van der Waals surface area contributed by atoms with Gasteiger partial charge in [0.05, 0.1) is 0 Å². The molecule has 3 aliphatic carbocycles. The van der Waals surface area contributed by atoms with E-state index in [1.807, 2.05) is 24.3 Å². The normalized spacial score (nSPS) is 25.3. The van der Waals surface area contributed by atoms with Crippen LogP contribution < -0.4 is 10.6 Å². The monoisotopic (exact) mass is 462 g/mol. The summed E-state index contributed by atoms with van der Waals surface area (Å²) in [5, 5.41) is 14.8. The molecule has 2 saturated carbocycles. The molecule has 0 aromatic heterocycles. The highest BCUT2D eigenvalue weighted by Gasteiger charge is 2.50. The minimum Gasteiger partial charge on any atom is -0.480 e. The molecular weight excluding hydrogens is 432 g/mol. The molecule has 2 aromatic rings. The van der Waals surface area contributed by atoms with Gasteiger partial charge in [0.2, 0.25) is 5.91 Å². The fourth-order valence-electron chi connectivity index (χ4n) is 6.03. The fourth-order valence-corrected chi connectivity index (χ4v) is 6.03. The van der Waals surface area contributed by atoms with E-state index in [-0.39, 0.29) is 36.3 Å². The maximum absolute atomic E-state index is 12.6. The zero-order chi connectivity index (χ0) is 23.8. The molecule has 2 fully saturated rings. The van der Waals surface area contributed by atoms with E-state index in [2.05, 4.69) is 34.9 Å². The maximum atomic E-state index is 12.6. The number of hydrogen-bond donors (Lipinski definition) is 3. The van der Waals surface area contributed by atoms with Gasteiger partial charge in [-0.1, -0.05) is 55.5 Å². The van der Waals surface area contributed by atoms with E-state index in [1.54, 1.807) is 6.92 Å². The number of amides is 2. The van der Waals surface area contributed by atoms with Crippen molar-refractivity contribution >= 4 is 18.0 Å². The van der Waals surface area contributed by atoms with Crippen LogP contribution >= 0.6 is 0 Å². The molecule has 3 aliphatic rings. The molecule has 0 heterocycles. The van der Waals surface area contributed by atoms with Crippen LogP contribution in [0.5, 0.6) is 0 Å². The first-order valence-corrected chi connectivity index (χ1v) is 12.1. The largest absolute Gasteiger partial charge is 0.480 e. The highest BCUT2D eigenvalue weighted by atomic mass is 16.5. The Hall–Kier alpha value is -3.35. The predicted molar refractivity (Wildman–Crippen MR) is 126 cm³/mol. The second-order valence-corrected chi connectivity index (χ2v) is 9.71. The number of nitrogens with one attached hydrogen (secondary N) is 2. The van der Waals surface area contributed by atoms with E-state index in [0.717, 1.165) is 12.8 Å². The smallest absolute Gasteiger partial charge is 0.407 e. The molecule has 0 radical (unpaired) electrons. The summed E-state index contributed by atoms with van der Waals surface area (Å²) in [7, 11) is 0. The van der Waals surface area contributed by atoms with Gasteiger partial charge in [-0.05, 0) is 59.8 Å². The summed E-state index contributed by atoms with van der Waals surface area (Å²) in [4.78, 5) is 36.4. The molecule has 0 aliphatic heterocycles. The number of hydrogen-bond acceptors (Lipinski definition) is 4. The van der Waals surface area contributed by atoms with Crippen LogP contribution in [0.25, 0.3) is 11.1 Å². The molecule has 2 amide bonds. The Bertz CT molecular complexity index is 1070. The standard InChI is InChI=1S/C27H30N2O5/c1-2-23(26(31)32)28-25(30)16-11-15-13-24(21(15)12-16)29-27(33)34-14-22-19-9-5-3-7-17(19)18-8-4-6-10-20(18)22/h3-10,15-16,21-24H,2,11-14H2,1H3,(H,28,30)(H,29,33)(H,31,32)/t15?,16?,21?,23-,24?/m1/s1. The Labute approximate surface area is 198 Å². The third-order valence-electron chi connectivity index (χ3n) is 7.86. The number of carboxylic acids is 1. The number of ether oxygens (including phenoxy) is 1. The molecule has 0 saturated heterocycles. The number of rotatable bonds is 7. The van der Waals surface area contributed by atoms with E-state index in [4.69, 9.17) is 4.74 Å².